The monoisotopic (exact) mass is 252 g/mol. The van der Waals surface area contributed by atoms with E-state index in [1.807, 2.05) is 0 Å². The molecule has 5 nitrogen and oxygen atoms in total. The number of hydrogen-bond donors (Lipinski definition) is 2. The summed E-state index contributed by atoms with van der Waals surface area (Å²) in [5.74, 6) is -0.868. The van der Waals surface area contributed by atoms with Gasteiger partial charge in [0.15, 0.2) is 0 Å². The van der Waals surface area contributed by atoms with Crippen molar-refractivity contribution in [3.8, 4) is 0 Å². The third-order valence-electron chi connectivity index (χ3n) is 2.06. The van der Waals surface area contributed by atoms with E-state index in [0.717, 1.165) is 11.8 Å². The molecule has 1 aromatic carbocycles. The molecule has 88 valence electrons. The Balaban J connectivity index is 2.23. The molecular weight excluding hydrogens is 243 g/mol. The predicted molar refractivity (Wildman–Crippen MR) is 60.6 cm³/mol. The molecule has 0 aliphatic carbocycles. The third-order valence-corrected chi connectivity index (χ3v) is 3.24. The van der Waals surface area contributed by atoms with Crippen molar-refractivity contribution in [3.63, 3.8) is 0 Å². The highest BCUT2D eigenvalue weighted by Crippen LogP contribution is 2.33. The van der Waals surface area contributed by atoms with Gasteiger partial charge in [-0.25, -0.2) is 4.39 Å². The fourth-order valence-corrected chi connectivity index (χ4v) is 2.15. The van der Waals surface area contributed by atoms with Crippen LogP contribution in [0.15, 0.2) is 35.5 Å². The van der Waals surface area contributed by atoms with E-state index in [9.17, 15) is 9.18 Å². The van der Waals surface area contributed by atoms with Gasteiger partial charge in [-0.15, -0.1) is 5.10 Å². The number of H-pyrrole nitrogens is 1. The summed E-state index contributed by atoms with van der Waals surface area (Å²) >= 11 is 1.16. The van der Waals surface area contributed by atoms with Crippen molar-refractivity contribution >= 4 is 17.7 Å². The molecule has 1 atom stereocenters. The minimum Gasteiger partial charge on any atom is -0.368 e. The van der Waals surface area contributed by atoms with Crippen molar-refractivity contribution in [1.82, 2.24) is 15.4 Å². The number of nitrogens with one attached hydrogen (secondary N) is 1. The zero-order valence-electron chi connectivity index (χ0n) is 8.63. The lowest BCUT2D eigenvalue weighted by molar-refractivity contribution is -0.117. The van der Waals surface area contributed by atoms with Crippen molar-refractivity contribution < 1.29 is 9.18 Å². The average Bonchev–Trinajstić information content (AvgIpc) is 2.80. The lowest BCUT2D eigenvalue weighted by Gasteiger charge is -2.11. The van der Waals surface area contributed by atoms with E-state index in [0.29, 0.717) is 10.6 Å². The second-order valence-corrected chi connectivity index (χ2v) is 4.39. The molecule has 0 saturated heterocycles. The number of aromatic nitrogens is 3. The van der Waals surface area contributed by atoms with Gasteiger partial charge in [-0.1, -0.05) is 23.9 Å². The summed E-state index contributed by atoms with van der Waals surface area (Å²) in [6.45, 7) is 0. The minimum absolute atomic E-state index is 0.358. The van der Waals surface area contributed by atoms with Gasteiger partial charge in [0.2, 0.25) is 5.91 Å². The molecule has 0 aliphatic rings. The first-order chi connectivity index (χ1) is 8.16. The van der Waals surface area contributed by atoms with E-state index in [1.54, 1.807) is 0 Å². The first-order valence-corrected chi connectivity index (χ1v) is 5.62. The summed E-state index contributed by atoms with van der Waals surface area (Å²) in [5, 5.41) is 9.84. The average molecular weight is 252 g/mol. The highest BCUT2D eigenvalue weighted by atomic mass is 32.2. The van der Waals surface area contributed by atoms with Crippen molar-refractivity contribution in [1.29, 1.82) is 0 Å². The number of amides is 1. The molecule has 1 amide bonds. The molecule has 3 N–H and O–H groups in total. The van der Waals surface area contributed by atoms with Gasteiger partial charge >= 0.3 is 0 Å². The molecule has 0 spiro atoms. The number of carbonyl (C=O) groups excluding carboxylic acids is 1. The highest BCUT2D eigenvalue weighted by Gasteiger charge is 2.20. The Kier molecular flexibility index (Phi) is 3.38. The second-order valence-electron chi connectivity index (χ2n) is 3.26. The topological polar surface area (TPSA) is 84.7 Å². The normalized spacial score (nSPS) is 12.3. The van der Waals surface area contributed by atoms with Crippen LogP contribution in [-0.4, -0.2) is 21.3 Å². The number of primary amides is 1. The van der Waals surface area contributed by atoms with Crippen LogP contribution in [-0.2, 0) is 4.79 Å². The molecule has 1 aromatic heterocycles. The van der Waals surface area contributed by atoms with Crippen LogP contribution in [0.25, 0.3) is 0 Å². The predicted octanol–water partition coefficient (Wildman–Crippen LogP) is 1.26. The van der Waals surface area contributed by atoms with Crippen LogP contribution >= 0.6 is 11.8 Å². The lowest BCUT2D eigenvalue weighted by atomic mass is 10.1. The Morgan fingerprint density at radius 2 is 2.12 bits per heavy atom. The Hall–Kier alpha value is -1.89. The van der Waals surface area contributed by atoms with E-state index in [4.69, 9.17) is 5.73 Å². The van der Waals surface area contributed by atoms with Gasteiger partial charge in [0.05, 0.1) is 6.20 Å². The van der Waals surface area contributed by atoms with Crippen LogP contribution in [0, 0.1) is 5.82 Å². The smallest absolute Gasteiger partial charge is 0.235 e. The Morgan fingerprint density at radius 3 is 2.65 bits per heavy atom. The van der Waals surface area contributed by atoms with Crippen molar-refractivity contribution in [2.24, 2.45) is 5.73 Å². The van der Waals surface area contributed by atoms with E-state index >= 15 is 0 Å². The number of benzene rings is 1. The van der Waals surface area contributed by atoms with E-state index < -0.39 is 11.2 Å². The van der Waals surface area contributed by atoms with Crippen LogP contribution in [0.5, 0.6) is 0 Å². The highest BCUT2D eigenvalue weighted by molar-refractivity contribution is 8.00. The number of hydrogen-bond acceptors (Lipinski definition) is 4. The maximum Gasteiger partial charge on any atom is 0.235 e. The number of thioether (sulfide) groups is 1. The number of carbonyl (C=O) groups is 1. The molecule has 1 unspecified atom stereocenters. The van der Waals surface area contributed by atoms with Crippen molar-refractivity contribution in [3.05, 3.63) is 41.8 Å². The molecule has 0 radical (unpaired) electrons. The van der Waals surface area contributed by atoms with Crippen molar-refractivity contribution in [2.75, 3.05) is 0 Å². The van der Waals surface area contributed by atoms with Gasteiger partial charge in [0.1, 0.15) is 16.1 Å². The van der Waals surface area contributed by atoms with Gasteiger partial charge in [-0.05, 0) is 17.7 Å². The Bertz CT molecular complexity index is 500. The number of aromatic amines is 1. The molecule has 1 heterocycles. The Morgan fingerprint density at radius 1 is 1.41 bits per heavy atom. The summed E-state index contributed by atoms with van der Waals surface area (Å²) in [5.41, 5.74) is 5.94. The lowest BCUT2D eigenvalue weighted by Crippen LogP contribution is -2.18. The summed E-state index contributed by atoms with van der Waals surface area (Å²) in [7, 11) is 0. The number of nitrogens with zero attached hydrogens (tertiary/aromatic N) is 2. The van der Waals surface area contributed by atoms with Crippen molar-refractivity contribution in [2.45, 2.75) is 10.3 Å². The quantitative estimate of drug-likeness (QED) is 0.802. The maximum absolute atomic E-state index is 12.8. The zero-order chi connectivity index (χ0) is 12.3. The van der Waals surface area contributed by atoms with Gasteiger partial charge in [-0.3, -0.25) is 4.79 Å². The SMILES string of the molecule is NC(=O)C(Sc1cn[nH]n1)c1ccc(F)cc1. The molecule has 0 bridgehead atoms. The van der Waals surface area contributed by atoms with Crippen LogP contribution in [0.1, 0.15) is 10.8 Å². The van der Waals surface area contributed by atoms with Gasteiger partial charge in [0.25, 0.3) is 0 Å². The van der Waals surface area contributed by atoms with E-state index in [2.05, 4.69) is 15.4 Å². The fourth-order valence-electron chi connectivity index (χ4n) is 1.30. The summed E-state index contributed by atoms with van der Waals surface area (Å²) in [4.78, 5) is 11.4. The minimum atomic E-state index is -0.610. The number of nitrogens with two attached hydrogens (primary N) is 1. The second kappa shape index (κ2) is 4.96. The van der Waals surface area contributed by atoms with E-state index in [-0.39, 0.29) is 5.82 Å². The van der Waals surface area contributed by atoms with Gasteiger partial charge in [-0.2, -0.15) is 10.3 Å². The maximum atomic E-state index is 12.8. The molecule has 7 heteroatoms. The third kappa shape index (κ3) is 2.82. The molecular formula is C10H9FN4OS. The molecule has 2 aromatic rings. The Labute approximate surface area is 101 Å². The van der Waals surface area contributed by atoms with Gasteiger partial charge < -0.3 is 5.73 Å². The number of halogens is 1. The zero-order valence-corrected chi connectivity index (χ0v) is 9.45. The standard InChI is InChI=1S/C10H9FN4OS/c11-7-3-1-6(2-4-7)9(10(12)16)17-8-5-13-15-14-8/h1-5,9H,(H2,12,16)(H,13,14,15). The van der Waals surface area contributed by atoms with Crippen LogP contribution in [0.4, 0.5) is 4.39 Å². The fraction of sp³-hybridized carbons (Fsp3) is 0.100. The summed E-state index contributed by atoms with van der Waals surface area (Å²) < 4.78 is 12.8. The molecule has 17 heavy (non-hydrogen) atoms. The van der Waals surface area contributed by atoms with Gasteiger partial charge in [0, 0.05) is 0 Å². The van der Waals surface area contributed by atoms with E-state index in [1.165, 1.54) is 30.5 Å². The summed E-state index contributed by atoms with van der Waals surface area (Å²) in [6.07, 6.45) is 1.49. The number of rotatable bonds is 4. The summed E-state index contributed by atoms with van der Waals surface area (Å²) in [6, 6.07) is 5.62. The first kappa shape index (κ1) is 11.6. The van der Waals surface area contributed by atoms with Crippen LogP contribution < -0.4 is 5.73 Å². The molecule has 0 fully saturated rings. The molecule has 2 rings (SSSR count). The van der Waals surface area contributed by atoms with Crippen LogP contribution in [0.3, 0.4) is 0 Å². The largest absolute Gasteiger partial charge is 0.368 e. The first-order valence-electron chi connectivity index (χ1n) is 4.74. The molecule has 0 aliphatic heterocycles. The molecule has 0 saturated carbocycles. The van der Waals surface area contributed by atoms with Crippen LogP contribution in [0.2, 0.25) is 0 Å².